The summed E-state index contributed by atoms with van der Waals surface area (Å²) in [5.74, 6) is -0.389. The van der Waals surface area contributed by atoms with E-state index >= 15 is 0 Å². The Morgan fingerprint density at radius 2 is 1.45 bits per heavy atom. The molecule has 13 heteroatoms. The fourth-order valence-electron chi connectivity index (χ4n) is 9.08. The number of hydrogen-bond acceptors (Lipinski definition) is 9. The van der Waals surface area contributed by atoms with Crippen molar-refractivity contribution < 1.29 is 28.7 Å². The van der Waals surface area contributed by atoms with E-state index in [-0.39, 0.29) is 30.9 Å². The molecule has 5 heterocycles. The van der Waals surface area contributed by atoms with Gasteiger partial charge in [-0.3, -0.25) is 34.2 Å². The van der Waals surface area contributed by atoms with Crippen molar-refractivity contribution in [2.45, 2.75) is 157 Å². The van der Waals surface area contributed by atoms with Gasteiger partial charge in [0.2, 0.25) is 11.8 Å². The molecular formula is C56H77ClN6O6. The smallest absolute Gasteiger partial charge is 0.262 e. The minimum Gasteiger partial charge on any atom is -0.490 e. The fraction of sp³-hybridized carbons (Fsp3) is 0.536. The van der Waals surface area contributed by atoms with E-state index in [4.69, 9.17) is 21.6 Å². The molecule has 0 spiro atoms. The van der Waals surface area contributed by atoms with Gasteiger partial charge in [0, 0.05) is 55.5 Å². The molecule has 69 heavy (non-hydrogen) atoms. The Kier molecular flexibility index (Phi) is 22.4. The second-order valence-electron chi connectivity index (χ2n) is 17.8. The van der Waals surface area contributed by atoms with Crippen LogP contribution < -0.4 is 15.0 Å². The highest BCUT2D eigenvalue weighted by molar-refractivity contribution is 6.31. The molecular weight excluding hydrogens is 888 g/mol. The van der Waals surface area contributed by atoms with Crippen LogP contribution in [0.25, 0.3) is 0 Å². The van der Waals surface area contributed by atoms with Gasteiger partial charge < -0.3 is 19.4 Å². The number of ether oxygens (including phenoxy) is 1. The van der Waals surface area contributed by atoms with Crippen molar-refractivity contribution in [3.8, 4) is 11.8 Å². The quantitative estimate of drug-likeness (QED) is 0.139. The third-order valence-electron chi connectivity index (χ3n) is 13.1. The zero-order valence-corrected chi connectivity index (χ0v) is 43.5. The van der Waals surface area contributed by atoms with Crippen molar-refractivity contribution in [3.63, 3.8) is 0 Å². The predicted molar refractivity (Wildman–Crippen MR) is 277 cm³/mol. The van der Waals surface area contributed by atoms with Crippen molar-refractivity contribution in [3.05, 3.63) is 106 Å². The molecule has 0 radical (unpaired) electrons. The second-order valence-corrected chi connectivity index (χ2v) is 18.2. The number of imide groups is 2. The fourth-order valence-corrected chi connectivity index (χ4v) is 9.29. The number of carbonyl (C=O) groups is 5. The van der Waals surface area contributed by atoms with E-state index in [2.05, 4.69) is 67.6 Å². The summed E-state index contributed by atoms with van der Waals surface area (Å²) >= 11 is 6.19. The summed E-state index contributed by atoms with van der Waals surface area (Å²) in [5, 5.41) is 11.8. The van der Waals surface area contributed by atoms with Crippen LogP contribution in [-0.4, -0.2) is 95.1 Å². The van der Waals surface area contributed by atoms with E-state index in [1.807, 2.05) is 52.8 Å². The minimum absolute atomic E-state index is 0.0464. The molecule has 5 amide bonds. The highest BCUT2D eigenvalue weighted by Crippen LogP contribution is 2.39. The van der Waals surface area contributed by atoms with E-state index in [9.17, 15) is 24.0 Å². The number of unbranched alkanes of at least 4 members (excludes halogenated alkanes) is 1. The Morgan fingerprint density at radius 3 is 2.01 bits per heavy atom. The van der Waals surface area contributed by atoms with E-state index in [0.717, 1.165) is 81.1 Å². The first-order valence-electron chi connectivity index (χ1n) is 25.7. The number of rotatable bonds is 12. The van der Waals surface area contributed by atoms with Crippen molar-refractivity contribution in [2.75, 3.05) is 37.6 Å². The molecule has 5 aliphatic heterocycles. The number of nitriles is 1. The zero-order valence-electron chi connectivity index (χ0n) is 42.7. The lowest BCUT2D eigenvalue weighted by Gasteiger charge is -2.38. The van der Waals surface area contributed by atoms with Crippen LogP contribution in [0.1, 0.15) is 181 Å². The number of piperidine rings is 3. The maximum atomic E-state index is 13.5. The summed E-state index contributed by atoms with van der Waals surface area (Å²) < 4.78 is 6.16. The second kappa shape index (κ2) is 27.6. The maximum Gasteiger partial charge on any atom is 0.262 e. The van der Waals surface area contributed by atoms with Crippen LogP contribution >= 0.6 is 11.6 Å². The minimum atomic E-state index is -0.970. The molecule has 1 N–H and O–H groups in total. The molecule has 3 aromatic rings. The molecule has 0 aromatic heterocycles. The lowest BCUT2D eigenvalue weighted by Crippen LogP contribution is -2.54. The SMILES string of the molecule is C=C1C(CC(CC)Oc2ccc(C#N)c(Cl)c2)N1C(=O)c1ccc(C2CCN(CC3CCN(c4ccc5c(c4)C(=O)N(C4CCC(=O)NC4=O)C5=O)CC3)CC2)cc1.CC.CC.CCC.CCCC. The number of amides is 5. The van der Waals surface area contributed by atoms with Gasteiger partial charge in [-0.2, -0.15) is 5.26 Å². The summed E-state index contributed by atoms with van der Waals surface area (Å²) in [6, 6.07) is 19.5. The predicted octanol–water partition coefficient (Wildman–Crippen LogP) is 11.6. The first-order chi connectivity index (χ1) is 33.3. The Labute approximate surface area is 417 Å². The number of halogens is 1. The van der Waals surface area contributed by atoms with Crippen LogP contribution in [0.5, 0.6) is 5.75 Å². The average Bonchev–Trinajstić information content (AvgIpc) is 3.94. The third kappa shape index (κ3) is 14.3. The molecule has 5 aliphatic rings. The van der Waals surface area contributed by atoms with Crippen LogP contribution in [0, 0.1) is 17.2 Å². The third-order valence-corrected chi connectivity index (χ3v) is 13.4. The van der Waals surface area contributed by atoms with E-state index < -0.39 is 29.7 Å². The molecule has 3 atom stereocenters. The van der Waals surface area contributed by atoms with Crippen LogP contribution in [-0.2, 0) is 9.59 Å². The summed E-state index contributed by atoms with van der Waals surface area (Å²) in [5.41, 5.74) is 4.63. The van der Waals surface area contributed by atoms with Crippen molar-refractivity contribution in [1.82, 2.24) is 20.0 Å². The molecule has 0 aliphatic carbocycles. The topological polar surface area (TPSA) is 143 Å². The van der Waals surface area contributed by atoms with Gasteiger partial charge in [-0.25, -0.2) is 0 Å². The normalized spacial score (nSPS) is 19.5. The highest BCUT2D eigenvalue weighted by atomic mass is 35.5. The van der Waals surface area contributed by atoms with Gasteiger partial charge in [0.25, 0.3) is 17.7 Å². The van der Waals surface area contributed by atoms with Gasteiger partial charge in [-0.15, -0.1) is 0 Å². The maximum absolute atomic E-state index is 13.5. The van der Waals surface area contributed by atoms with Crippen LogP contribution in [0.15, 0.2) is 72.9 Å². The number of nitrogens with zero attached hydrogens (tertiary/aromatic N) is 5. The summed E-state index contributed by atoms with van der Waals surface area (Å²) in [6.07, 6.45) is 9.56. The first-order valence-corrected chi connectivity index (χ1v) is 26.0. The molecule has 0 saturated carbocycles. The largest absolute Gasteiger partial charge is 0.490 e. The molecule has 12 nitrogen and oxygen atoms in total. The lowest BCUT2D eigenvalue weighted by molar-refractivity contribution is -0.136. The van der Waals surface area contributed by atoms with Gasteiger partial charge >= 0.3 is 0 Å². The highest BCUT2D eigenvalue weighted by Gasteiger charge is 2.46. The summed E-state index contributed by atoms with van der Waals surface area (Å²) in [7, 11) is 0. The number of fused-ring (bicyclic) bond motifs is 1. The van der Waals surface area contributed by atoms with Gasteiger partial charge in [0.1, 0.15) is 24.0 Å². The van der Waals surface area contributed by atoms with Crippen LogP contribution in [0.4, 0.5) is 5.69 Å². The Hall–Kier alpha value is -5.51. The lowest BCUT2D eigenvalue weighted by atomic mass is 9.88. The number of hydrogen-bond donors (Lipinski definition) is 1. The van der Waals surface area contributed by atoms with Gasteiger partial charge in [-0.05, 0) is 111 Å². The van der Waals surface area contributed by atoms with Crippen molar-refractivity contribution in [2.24, 2.45) is 5.92 Å². The van der Waals surface area contributed by atoms with E-state index in [1.165, 1.54) is 24.8 Å². The summed E-state index contributed by atoms with van der Waals surface area (Å²) in [6.45, 7) is 27.6. The van der Waals surface area contributed by atoms with Gasteiger partial charge in [-0.1, -0.05) is 112 Å². The monoisotopic (exact) mass is 965 g/mol. The zero-order chi connectivity index (χ0) is 50.8. The molecule has 4 saturated heterocycles. The molecule has 3 unspecified atom stereocenters. The van der Waals surface area contributed by atoms with Gasteiger partial charge in [0.05, 0.1) is 27.8 Å². The standard InChI is InChI=1S/C45H47ClN6O6.C4H10.C3H8.2C2H6/c1-3-34(58-35-10-8-32(25-47)38(46)23-35)24-40-27(2)51(40)43(55)31-6-4-29(5-7-31)30-16-18-49(19-17-30)26-28-14-20-50(21-15-28)33-9-11-36-37(22-33)45(57)52(44(36)56)39-12-13-41(53)48-42(39)54;1-3-4-2;1-3-2;2*1-2/h4-11,22-23,28,30,34,39-40H,2-3,12-21,24,26H2,1H3,(H,48,53,54);3-4H2,1-2H3;3H2,1-2H3;2*1-2H3. The van der Waals surface area contributed by atoms with Crippen LogP contribution in [0.2, 0.25) is 5.02 Å². The average molecular weight is 966 g/mol. The van der Waals surface area contributed by atoms with E-state index in [0.29, 0.717) is 51.3 Å². The number of likely N-dealkylation sites (tertiary alicyclic amines) is 1. The molecule has 4 fully saturated rings. The molecule has 374 valence electrons. The Balaban J connectivity index is 0.000000866. The Bertz CT molecular complexity index is 2260. The number of carbonyl (C=O) groups excluding carboxylic acids is 5. The molecule has 8 rings (SSSR count). The Morgan fingerprint density at radius 1 is 0.826 bits per heavy atom. The molecule has 0 bridgehead atoms. The van der Waals surface area contributed by atoms with E-state index in [1.54, 1.807) is 35.2 Å². The van der Waals surface area contributed by atoms with Crippen LogP contribution in [0.3, 0.4) is 0 Å². The number of anilines is 1. The number of nitrogens with one attached hydrogen (secondary N) is 1. The summed E-state index contributed by atoms with van der Waals surface area (Å²) in [4.78, 5) is 71.6. The first kappa shape index (κ1) is 56.1. The molecule has 3 aromatic carbocycles. The van der Waals surface area contributed by atoms with Gasteiger partial charge in [0.15, 0.2) is 0 Å². The van der Waals surface area contributed by atoms with Crippen molar-refractivity contribution >= 4 is 46.8 Å². The van der Waals surface area contributed by atoms with Crippen molar-refractivity contribution in [1.29, 1.82) is 5.26 Å². The number of benzene rings is 3.